The Morgan fingerprint density at radius 2 is 1.61 bits per heavy atom. The average Bonchev–Trinajstić information content (AvgIpc) is 2.79. The molecule has 31 heavy (non-hydrogen) atoms. The van der Waals surface area contributed by atoms with Gasteiger partial charge in [-0.25, -0.2) is 0 Å². The van der Waals surface area contributed by atoms with E-state index in [1.165, 1.54) is 6.08 Å². The zero-order chi connectivity index (χ0) is 22.8. The van der Waals surface area contributed by atoms with Gasteiger partial charge in [0.2, 0.25) is 0 Å². The zero-order valence-electron chi connectivity index (χ0n) is 18.6. The molecule has 0 aliphatic rings. The van der Waals surface area contributed by atoms with Crippen molar-refractivity contribution in [3.05, 3.63) is 78.4 Å². The number of ketones is 1. The van der Waals surface area contributed by atoms with Gasteiger partial charge in [0.05, 0.1) is 19.8 Å². The summed E-state index contributed by atoms with van der Waals surface area (Å²) in [5.41, 5.74) is 2.15. The van der Waals surface area contributed by atoms with E-state index in [9.17, 15) is 4.79 Å². The number of carbonyl (C=O) groups excluding carboxylic acids is 1. The smallest absolute Gasteiger partial charge is 0.189 e. The first-order chi connectivity index (χ1) is 14.9. The maximum atomic E-state index is 13.1. The van der Waals surface area contributed by atoms with Gasteiger partial charge >= 0.3 is 0 Å². The fourth-order valence-corrected chi connectivity index (χ4v) is 2.97. The molecule has 164 valence electrons. The first-order valence-electron chi connectivity index (χ1n) is 10.0. The number of carbonyl (C=O) groups is 1. The van der Waals surface area contributed by atoms with Crippen LogP contribution < -0.4 is 18.9 Å². The summed E-state index contributed by atoms with van der Waals surface area (Å²) in [4.78, 5) is 13.1. The lowest BCUT2D eigenvalue weighted by molar-refractivity contribution is 0.104. The predicted molar refractivity (Wildman–Crippen MR) is 125 cm³/mol. The maximum absolute atomic E-state index is 13.1. The molecule has 0 N–H and O–H groups in total. The Labute approximate surface area is 184 Å². The molecular weight excluding hydrogens is 392 g/mol. The van der Waals surface area contributed by atoms with Gasteiger partial charge in [-0.05, 0) is 41.8 Å². The van der Waals surface area contributed by atoms with Crippen LogP contribution >= 0.6 is 0 Å². The third-order valence-electron chi connectivity index (χ3n) is 4.57. The highest BCUT2D eigenvalue weighted by molar-refractivity contribution is 6.09. The number of allylic oxidation sites excluding steroid dienone is 1. The van der Waals surface area contributed by atoms with Crippen molar-refractivity contribution < 1.29 is 23.7 Å². The van der Waals surface area contributed by atoms with Crippen LogP contribution in [0.1, 0.15) is 41.3 Å². The minimum atomic E-state index is -0.186. The Morgan fingerprint density at radius 3 is 2.19 bits per heavy atom. The Hall–Kier alpha value is -3.47. The number of methoxy groups -OCH3 is 2. The molecule has 0 aromatic heterocycles. The molecule has 5 nitrogen and oxygen atoms in total. The van der Waals surface area contributed by atoms with Crippen molar-refractivity contribution in [2.45, 2.75) is 19.8 Å². The normalized spacial score (nSPS) is 10.7. The molecule has 0 aliphatic heterocycles. The first-order valence-corrected chi connectivity index (χ1v) is 10.0. The summed E-state index contributed by atoms with van der Waals surface area (Å²) in [5, 5.41) is 0. The topological polar surface area (TPSA) is 54.0 Å². The van der Waals surface area contributed by atoms with E-state index in [-0.39, 0.29) is 18.3 Å². The molecule has 0 bridgehead atoms. The van der Waals surface area contributed by atoms with Crippen LogP contribution in [0.5, 0.6) is 23.0 Å². The molecule has 0 saturated heterocycles. The van der Waals surface area contributed by atoms with Crippen LogP contribution in [0.2, 0.25) is 0 Å². The van der Waals surface area contributed by atoms with E-state index in [4.69, 9.17) is 18.9 Å². The predicted octanol–water partition coefficient (Wildman–Crippen LogP) is 5.85. The molecule has 0 atom stereocenters. The van der Waals surface area contributed by atoms with E-state index in [0.29, 0.717) is 35.2 Å². The molecule has 0 fully saturated rings. The lowest BCUT2D eigenvalue weighted by Gasteiger charge is -2.17. The van der Waals surface area contributed by atoms with Gasteiger partial charge in [-0.15, -0.1) is 0 Å². The van der Waals surface area contributed by atoms with Gasteiger partial charge in [0, 0.05) is 17.7 Å². The molecule has 2 aromatic rings. The summed E-state index contributed by atoms with van der Waals surface area (Å²) < 4.78 is 22.2. The van der Waals surface area contributed by atoms with Crippen molar-refractivity contribution in [3.63, 3.8) is 0 Å². The summed E-state index contributed by atoms with van der Waals surface area (Å²) in [6, 6.07) is 9.01. The third kappa shape index (κ3) is 6.25. The van der Waals surface area contributed by atoms with Crippen molar-refractivity contribution in [3.8, 4) is 23.0 Å². The molecule has 0 spiro atoms. The van der Waals surface area contributed by atoms with Crippen LogP contribution in [-0.4, -0.2) is 33.2 Å². The monoisotopic (exact) mass is 422 g/mol. The van der Waals surface area contributed by atoms with Crippen molar-refractivity contribution in [2.24, 2.45) is 0 Å². The quantitative estimate of drug-likeness (QED) is 0.244. The van der Waals surface area contributed by atoms with E-state index in [0.717, 1.165) is 11.1 Å². The first kappa shape index (κ1) is 23.8. The summed E-state index contributed by atoms with van der Waals surface area (Å²) in [6.45, 7) is 12.1. The number of hydrogen-bond acceptors (Lipinski definition) is 5. The van der Waals surface area contributed by atoms with Crippen molar-refractivity contribution in [1.82, 2.24) is 0 Å². The highest BCUT2D eigenvalue weighted by Gasteiger charge is 2.18. The van der Waals surface area contributed by atoms with Crippen LogP contribution in [0.25, 0.3) is 6.08 Å². The fourth-order valence-electron chi connectivity index (χ4n) is 2.97. The maximum Gasteiger partial charge on any atom is 0.189 e. The number of rotatable bonds is 12. The average molecular weight is 423 g/mol. The molecule has 0 heterocycles. The summed E-state index contributed by atoms with van der Waals surface area (Å²) in [6.07, 6.45) is 6.54. The van der Waals surface area contributed by atoms with Crippen LogP contribution in [0.3, 0.4) is 0 Å². The largest absolute Gasteiger partial charge is 0.497 e. The van der Waals surface area contributed by atoms with E-state index < -0.39 is 0 Å². The van der Waals surface area contributed by atoms with Crippen LogP contribution in [0.15, 0.2) is 61.7 Å². The van der Waals surface area contributed by atoms with Gasteiger partial charge in [0.15, 0.2) is 5.78 Å². The lowest BCUT2D eigenvalue weighted by atomic mass is 9.96. The molecule has 5 heteroatoms. The van der Waals surface area contributed by atoms with E-state index in [2.05, 4.69) is 13.2 Å². The van der Waals surface area contributed by atoms with Gasteiger partial charge in [-0.1, -0.05) is 39.2 Å². The highest BCUT2D eigenvalue weighted by Crippen LogP contribution is 2.35. The number of benzene rings is 2. The SMILES string of the molecule is C=CCOc1cc(OCC=C)c(C(C)C)cc1C(=O)/C=C/c1ccc(OC)cc1OC. The van der Waals surface area contributed by atoms with Gasteiger partial charge in [-0.2, -0.15) is 0 Å². The second kappa shape index (κ2) is 11.6. The van der Waals surface area contributed by atoms with Gasteiger partial charge in [-0.3, -0.25) is 4.79 Å². The summed E-state index contributed by atoms with van der Waals surface area (Å²) in [5.74, 6) is 2.38. The molecule has 0 amide bonds. The minimum Gasteiger partial charge on any atom is -0.497 e. The van der Waals surface area contributed by atoms with Crippen molar-refractivity contribution >= 4 is 11.9 Å². The highest BCUT2D eigenvalue weighted by atomic mass is 16.5. The molecule has 2 aromatic carbocycles. The fraction of sp³-hybridized carbons (Fsp3) is 0.269. The number of hydrogen-bond donors (Lipinski definition) is 0. The Morgan fingerprint density at radius 1 is 0.935 bits per heavy atom. The summed E-state index contributed by atoms with van der Waals surface area (Å²) >= 11 is 0. The minimum absolute atomic E-state index is 0.158. The standard InChI is InChI=1S/C26H30O5/c1-7-13-30-25-17-26(31-14-8-2)22(16-21(25)18(3)4)23(27)12-10-19-9-11-20(28-5)15-24(19)29-6/h7-12,15-18H,1-2,13-14H2,3-6H3/b12-10+. The van der Waals surface area contributed by atoms with Gasteiger partial charge in [0.25, 0.3) is 0 Å². The van der Waals surface area contributed by atoms with Crippen LogP contribution in [-0.2, 0) is 0 Å². The summed E-state index contributed by atoms with van der Waals surface area (Å²) in [7, 11) is 3.17. The van der Waals surface area contributed by atoms with Crippen molar-refractivity contribution in [1.29, 1.82) is 0 Å². The molecule has 2 rings (SSSR count). The van der Waals surface area contributed by atoms with E-state index in [1.807, 2.05) is 32.0 Å². The van der Waals surface area contributed by atoms with Crippen molar-refractivity contribution in [2.75, 3.05) is 27.4 Å². The zero-order valence-corrected chi connectivity index (χ0v) is 18.6. The molecule has 0 radical (unpaired) electrons. The van der Waals surface area contributed by atoms with Crippen LogP contribution in [0.4, 0.5) is 0 Å². The molecule has 0 aliphatic carbocycles. The van der Waals surface area contributed by atoms with Gasteiger partial charge in [0.1, 0.15) is 36.2 Å². The molecular formula is C26H30O5. The molecule has 0 unspecified atom stereocenters. The number of ether oxygens (including phenoxy) is 4. The second-order valence-electron chi connectivity index (χ2n) is 7.05. The van der Waals surface area contributed by atoms with E-state index in [1.54, 1.807) is 44.6 Å². The Balaban J connectivity index is 2.45. The van der Waals surface area contributed by atoms with Gasteiger partial charge < -0.3 is 18.9 Å². The third-order valence-corrected chi connectivity index (χ3v) is 4.57. The van der Waals surface area contributed by atoms with Crippen LogP contribution in [0, 0.1) is 0 Å². The lowest BCUT2D eigenvalue weighted by Crippen LogP contribution is -2.07. The van der Waals surface area contributed by atoms with E-state index >= 15 is 0 Å². The molecule has 0 saturated carbocycles. The Bertz CT molecular complexity index is 957. The second-order valence-corrected chi connectivity index (χ2v) is 7.05. The Kier molecular flexibility index (Phi) is 8.94.